The van der Waals surface area contributed by atoms with Crippen LogP contribution in [0.2, 0.25) is 0 Å². The molecule has 6 nitrogen and oxygen atoms in total. The second kappa shape index (κ2) is 8.53. The van der Waals surface area contributed by atoms with E-state index in [0.29, 0.717) is 22.5 Å². The van der Waals surface area contributed by atoms with Gasteiger partial charge in [-0.05, 0) is 59.6 Å². The van der Waals surface area contributed by atoms with Crippen molar-refractivity contribution in [2.24, 2.45) is 0 Å². The minimum Gasteiger partial charge on any atom is -0.506 e. The molecule has 0 saturated carbocycles. The van der Waals surface area contributed by atoms with E-state index in [0.717, 1.165) is 5.56 Å². The van der Waals surface area contributed by atoms with Gasteiger partial charge in [0.05, 0.1) is 10.0 Å². The number of rotatable bonds is 6. The SMILES string of the molecule is CCNC(=O)COc1cccc(NC(=O)c2cc(C)cc(Br)c2O)c1. The number of carbonyl (C=O) groups is 2. The number of phenols is 1. The second-order valence-electron chi connectivity index (χ2n) is 5.37. The number of ether oxygens (including phenoxy) is 1. The number of benzene rings is 2. The van der Waals surface area contributed by atoms with Gasteiger partial charge in [-0.15, -0.1) is 0 Å². The second-order valence-corrected chi connectivity index (χ2v) is 6.22. The fraction of sp³-hybridized carbons (Fsp3) is 0.222. The summed E-state index contributed by atoms with van der Waals surface area (Å²) in [6.07, 6.45) is 0. The Morgan fingerprint density at radius 1 is 1.24 bits per heavy atom. The number of amides is 2. The predicted octanol–water partition coefficient (Wildman–Crippen LogP) is 3.23. The molecule has 0 radical (unpaired) electrons. The highest BCUT2D eigenvalue weighted by molar-refractivity contribution is 9.10. The third kappa shape index (κ3) is 5.22. The van der Waals surface area contributed by atoms with E-state index < -0.39 is 5.91 Å². The lowest BCUT2D eigenvalue weighted by molar-refractivity contribution is -0.122. The van der Waals surface area contributed by atoms with Crippen molar-refractivity contribution < 1.29 is 19.4 Å². The van der Waals surface area contributed by atoms with Gasteiger partial charge in [-0.25, -0.2) is 0 Å². The van der Waals surface area contributed by atoms with Crippen molar-refractivity contribution in [3.05, 3.63) is 52.0 Å². The summed E-state index contributed by atoms with van der Waals surface area (Å²) in [5.74, 6) is -0.320. The molecule has 2 aromatic rings. The van der Waals surface area contributed by atoms with Crippen molar-refractivity contribution in [2.45, 2.75) is 13.8 Å². The molecule has 7 heteroatoms. The van der Waals surface area contributed by atoms with Crippen LogP contribution in [-0.4, -0.2) is 30.1 Å². The van der Waals surface area contributed by atoms with Gasteiger partial charge in [-0.2, -0.15) is 0 Å². The number of nitrogens with one attached hydrogen (secondary N) is 2. The smallest absolute Gasteiger partial charge is 0.259 e. The predicted molar refractivity (Wildman–Crippen MR) is 99.1 cm³/mol. The molecule has 0 aliphatic carbocycles. The average molecular weight is 407 g/mol. The molecule has 0 aliphatic rings. The first kappa shape index (κ1) is 18.8. The van der Waals surface area contributed by atoms with Crippen LogP contribution in [0.1, 0.15) is 22.8 Å². The van der Waals surface area contributed by atoms with Crippen molar-refractivity contribution in [1.29, 1.82) is 0 Å². The summed E-state index contributed by atoms with van der Waals surface area (Å²) in [5, 5.41) is 15.4. The van der Waals surface area contributed by atoms with Crippen LogP contribution in [0.4, 0.5) is 5.69 Å². The van der Waals surface area contributed by atoms with E-state index in [-0.39, 0.29) is 23.8 Å². The van der Waals surface area contributed by atoms with Crippen LogP contribution in [0, 0.1) is 6.92 Å². The summed E-state index contributed by atoms with van der Waals surface area (Å²) < 4.78 is 5.85. The number of phenolic OH excluding ortho intramolecular Hbond substituents is 1. The van der Waals surface area contributed by atoms with Crippen LogP contribution in [0.25, 0.3) is 0 Å². The quantitative estimate of drug-likeness (QED) is 0.686. The lowest BCUT2D eigenvalue weighted by atomic mass is 10.1. The summed E-state index contributed by atoms with van der Waals surface area (Å²) >= 11 is 3.22. The number of halogens is 1. The van der Waals surface area contributed by atoms with Gasteiger partial charge in [0.2, 0.25) is 0 Å². The molecule has 0 saturated heterocycles. The third-order valence-corrected chi connectivity index (χ3v) is 3.89. The van der Waals surface area contributed by atoms with E-state index in [1.807, 2.05) is 13.8 Å². The summed E-state index contributed by atoms with van der Waals surface area (Å²) in [5.41, 5.74) is 1.50. The number of likely N-dealkylation sites (N-methyl/N-ethyl adjacent to an activating group) is 1. The summed E-state index contributed by atoms with van der Waals surface area (Å²) in [4.78, 5) is 23.8. The topological polar surface area (TPSA) is 87.7 Å². The van der Waals surface area contributed by atoms with Crippen LogP contribution in [0.5, 0.6) is 11.5 Å². The summed E-state index contributed by atoms with van der Waals surface area (Å²) in [6, 6.07) is 10.0. The van der Waals surface area contributed by atoms with E-state index >= 15 is 0 Å². The Kier molecular flexibility index (Phi) is 6.41. The van der Waals surface area contributed by atoms with Gasteiger partial charge in [0, 0.05) is 18.3 Å². The van der Waals surface area contributed by atoms with Crippen molar-refractivity contribution >= 4 is 33.4 Å². The monoisotopic (exact) mass is 406 g/mol. The number of aryl methyl sites for hydroxylation is 1. The minimum atomic E-state index is -0.442. The van der Waals surface area contributed by atoms with Gasteiger partial charge >= 0.3 is 0 Å². The Morgan fingerprint density at radius 2 is 2.00 bits per heavy atom. The molecule has 25 heavy (non-hydrogen) atoms. The van der Waals surface area contributed by atoms with Crippen LogP contribution in [0.15, 0.2) is 40.9 Å². The molecule has 0 atom stereocenters. The van der Waals surface area contributed by atoms with E-state index in [1.165, 1.54) is 0 Å². The van der Waals surface area contributed by atoms with Gasteiger partial charge in [-0.3, -0.25) is 9.59 Å². The highest BCUT2D eigenvalue weighted by Gasteiger charge is 2.15. The van der Waals surface area contributed by atoms with E-state index in [2.05, 4.69) is 26.6 Å². The Bertz CT molecular complexity index is 793. The summed E-state index contributed by atoms with van der Waals surface area (Å²) in [6.45, 7) is 4.09. The van der Waals surface area contributed by atoms with Gasteiger partial charge in [0.1, 0.15) is 11.5 Å². The summed E-state index contributed by atoms with van der Waals surface area (Å²) in [7, 11) is 0. The first-order valence-corrected chi connectivity index (χ1v) is 8.50. The van der Waals surface area contributed by atoms with E-state index in [4.69, 9.17) is 4.74 Å². The van der Waals surface area contributed by atoms with E-state index in [9.17, 15) is 14.7 Å². The normalized spacial score (nSPS) is 10.2. The van der Waals surface area contributed by atoms with Crippen LogP contribution >= 0.6 is 15.9 Å². The fourth-order valence-corrected chi connectivity index (χ4v) is 2.74. The minimum absolute atomic E-state index is 0.100. The molecule has 3 N–H and O–H groups in total. The standard InChI is InChI=1S/C18H19BrN2O4/c1-3-20-16(22)10-25-13-6-4-5-12(9-13)21-18(24)14-7-11(2)8-15(19)17(14)23/h4-9,23H,3,10H2,1-2H3,(H,20,22)(H,21,24). The first-order valence-electron chi connectivity index (χ1n) is 7.70. The number of anilines is 1. The number of carbonyl (C=O) groups excluding carboxylic acids is 2. The molecular weight excluding hydrogens is 388 g/mol. The van der Waals surface area contributed by atoms with Gasteiger partial charge in [0.15, 0.2) is 6.61 Å². The van der Waals surface area contributed by atoms with Crippen LogP contribution in [-0.2, 0) is 4.79 Å². The zero-order valence-corrected chi connectivity index (χ0v) is 15.5. The molecule has 0 heterocycles. The molecular formula is C18H19BrN2O4. The molecule has 0 bridgehead atoms. The maximum Gasteiger partial charge on any atom is 0.259 e. The lowest BCUT2D eigenvalue weighted by Gasteiger charge is -2.11. The fourth-order valence-electron chi connectivity index (χ4n) is 2.17. The molecule has 0 aromatic heterocycles. The largest absolute Gasteiger partial charge is 0.506 e. The molecule has 132 valence electrons. The zero-order valence-electron chi connectivity index (χ0n) is 13.9. The van der Waals surface area contributed by atoms with Crippen molar-refractivity contribution in [2.75, 3.05) is 18.5 Å². The van der Waals surface area contributed by atoms with Crippen molar-refractivity contribution in [3.8, 4) is 11.5 Å². The molecule has 0 fully saturated rings. The lowest BCUT2D eigenvalue weighted by Crippen LogP contribution is -2.28. The molecule has 0 spiro atoms. The molecule has 2 aromatic carbocycles. The Hall–Kier alpha value is -2.54. The van der Waals surface area contributed by atoms with Crippen LogP contribution in [0.3, 0.4) is 0 Å². The van der Waals surface area contributed by atoms with Crippen molar-refractivity contribution in [1.82, 2.24) is 5.32 Å². The van der Waals surface area contributed by atoms with Gasteiger partial charge < -0.3 is 20.5 Å². The number of aromatic hydroxyl groups is 1. The van der Waals surface area contributed by atoms with Gasteiger partial charge in [0.25, 0.3) is 11.8 Å². The highest BCUT2D eigenvalue weighted by atomic mass is 79.9. The van der Waals surface area contributed by atoms with Crippen molar-refractivity contribution in [3.63, 3.8) is 0 Å². The third-order valence-electron chi connectivity index (χ3n) is 3.29. The maximum atomic E-state index is 12.4. The van der Waals surface area contributed by atoms with Crippen LogP contribution < -0.4 is 15.4 Å². The molecule has 2 rings (SSSR count). The maximum absolute atomic E-state index is 12.4. The number of hydrogen-bond donors (Lipinski definition) is 3. The first-order chi connectivity index (χ1) is 11.9. The average Bonchev–Trinajstić information content (AvgIpc) is 2.57. The van der Waals surface area contributed by atoms with Gasteiger partial charge in [-0.1, -0.05) is 6.07 Å². The Balaban J connectivity index is 2.09. The Labute approximate surface area is 154 Å². The highest BCUT2D eigenvalue weighted by Crippen LogP contribution is 2.30. The zero-order chi connectivity index (χ0) is 18.4. The molecule has 0 aliphatic heterocycles. The Morgan fingerprint density at radius 3 is 2.72 bits per heavy atom. The molecule has 0 unspecified atom stereocenters. The van der Waals surface area contributed by atoms with E-state index in [1.54, 1.807) is 36.4 Å². The molecule has 2 amide bonds. The number of hydrogen-bond acceptors (Lipinski definition) is 4.